The predicted molar refractivity (Wildman–Crippen MR) is 139 cm³/mol. The van der Waals surface area contributed by atoms with Crippen molar-refractivity contribution in [2.75, 3.05) is 12.4 Å². The summed E-state index contributed by atoms with van der Waals surface area (Å²) in [5, 5.41) is 3.60. The van der Waals surface area contributed by atoms with Gasteiger partial charge in [0.05, 0.1) is 53.9 Å². The third kappa shape index (κ3) is 4.87. The number of nitrogens with one attached hydrogen (secondary N) is 1. The molecule has 188 valence electrons. The summed E-state index contributed by atoms with van der Waals surface area (Å²) in [6.07, 6.45) is 4.66. The SMILES string of the molecule is COc1cnc(Cl)cc1-c1cc(C)ncc1C(=O)Nc1nc2c(s1)CN(C(=O)c1nc(C)cnc1C)C2. The summed E-state index contributed by atoms with van der Waals surface area (Å²) in [5.41, 5.74) is 4.67. The molecule has 1 aliphatic rings. The lowest BCUT2D eigenvalue weighted by atomic mass is 10.0. The third-order valence-electron chi connectivity index (χ3n) is 5.87. The Bertz CT molecular complexity index is 1530. The number of fused-ring (bicyclic) bond motifs is 1. The van der Waals surface area contributed by atoms with Gasteiger partial charge in [0.1, 0.15) is 16.6 Å². The molecule has 4 aromatic heterocycles. The number of thiazole rings is 1. The van der Waals surface area contributed by atoms with E-state index in [1.54, 1.807) is 37.1 Å². The molecule has 1 aliphatic heterocycles. The van der Waals surface area contributed by atoms with Crippen molar-refractivity contribution in [3.63, 3.8) is 0 Å². The minimum atomic E-state index is -0.372. The molecule has 0 aliphatic carbocycles. The van der Waals surface area contributed by atoms with E-state index in [1.807, 2.05) is 6.92 Å². The van der Waals surface area contributed by atoms with E-state index in [1.165, 1.54) is 30.8 Å². The van der Waals surface area contributed by atoms with Crippen molar-refractivity contribution in [1.82, 2.24) is 29.8 Å². The average Bonchev–Trinajstić information content (AvgIpc) is 3.43. The number of carbonyl (C=O) groups is 2. The third-order valence-corrected chi connectivity index (χ3v) is 7.07. The number of anilines is 1. The molecule has 0 bridgehead atoms. The summed E-state index contributed by atoms with van der Waals surface area (Å²) >= 11 is 7.47. The maximum atomic E-state index is 13.3. The summed E-state index contributed by atoms with van der Waals surface area (Å²) in [5.74, 6) is -0.0797. The molecule has 0 spiro atoms. The van der Waals surface area contributed by atoms with E-state index in [0.29, 0.717) is 57.7 Å². The fraction of sp³-hybridized carbons (Fsp3) is 0.240. The van der Waals surface area contributed by atoms with Crippen LogP contribution in [0.4, 0.5) is 5.13 Å². The van der Waals surface area contributed by atoms with Gasteiger partial charge in [0.15, 0.2) is 5.13 Å². The second kappa shape index (κ2) is 9.83. The number of carbonyl (C=O) groups excluding carboxylic acids is 2. The van der Waals surface area contributed by atoms with Gasteiger partial charge < -0.3 is 9.64 Å². The van der Waals surface area contributed by atoms with Crippen LogP contribution in [0.1, 0.15) is 48.5 Å². The Kier molecular flexibility index (Phi) is 6.57. The number of amides is 2. The van der Waals surface area contributed by atoms with Gasteiger partial charge in [0, 0.05) is 29.2 Å². The van der Waals surface area contributed by atoms with Gasteiger partial charge in [-0.2, -0.15) is 0 Å². The van der Waals surface area contributed by atoms with Gasteiger partial charge in [0.25, 0.3) is 11.8 Å². The van der Waals surface area contributed by atoms with Crippen LogP contribution in [0.25, 0.3) is 11.1 Å². The van der Waals surface area contributed by atoms with E-state index in [4.69, 9.17) is 16.3 Å². The van der Waals surface area contributed by atoms with Crippen LogP contribution in [0.5, 0.6) is 5.75 Å². The summed E-state index contributed by atoms with van der Waals surface area (Å²) < 4.78 is 5.44. The lowest BCUT2D eigenvalue weighted by Crippen LogP contribution is -2.27. The Balaban J connectivity index is 1.36. The zero-order valence-electron chi connectivity index (χ0n) is 20.5. The number of halogens is 1. The van der Waals surface area contributed by atoms with Crippen molar-refractivity contribution in [3.05, 3.63) is 74.8 Å². The molecule has 4 aromatic rings. The van der Waals surface area contributed by atoms with Crippen LogP contribution < -0.4 is 10.1 Å². The van der Waals surface area contributed by atoms with Gasteiger partial charge in [-0.05, 0) is 32.9 Å². The molecule has 0 aromatic carbocycles. The van der Waals surface area contributed by atoms with Crippen molar-refractivity contribution in [2.45, 2.75) is 33.9 Å². The van der Waals surface area contributed by atoms with Gasteiger partial charge in [-0.25, -0.2) is 15.0 Å². The molecule has 0 saturated heterocycles. The standard InChI is InChI=1S/C25H22ClN7O3S/c1-12-5-15(16-6-21(26)29-9-19(16)36-4)17(8-27-12)23(34)32-25-31-18-10-33(11-20(18)37-25)24(35)22-14(3)28-7-13(2)30-22/h5-9H,10-11H2,1-4H3,(H,31,32,34). The Hall–Kier alpha value is -3.96. The summed E-state index contributed by atoms with van der Waals surface area (Å²) in [7, 11) is 1.53. The highest BCUT2D eigenvalue weighted by atomic mass is 35.5. The van der Waals surface area contributed by atoms with Gasteiger partial charge in [0.2, 0.25) is 0 Å². The van der Waals surface area contributed by atoms with Crippen molar-refractivity contribution in [2.24, 2.45) is 0 Å². The van der Waals surface area contributed by atoms with Crippen molar-refractivity contribution < 1.29 is 14.3 Å². The predicted octanol–water partition coefficient (Wildman–Crippen LogP) is 4.39. The average molecular weight is 536 g/mol. The van der Waals surface area contributed by atoms with Crippen LogP contribution in [0.2, 0.25) is 5.15 Å². The van der Waals surface area contributed by atoms with E-state index in [2.05, 4.69) is 30.2 Å². The summed E-state index contributed by atoms with van der Waals surface area (Å²) in [4.78, 5) is 50.4. The highest BCUT2D eigenvalue weighted by Gasteiger charge is 2.30. The van der Waals surface area contributed by atoms with Gasteiger partial charge in [-0.15, -0.1) is 0 Å². The first-order chi connectivity index (χ1) is 17.7. The zero-order chi connectivity index (χ0) is 26.3. The molecule has 37 heavy (non-hydrogen) atoms. The number of ether oxygens (including phenoxy) is 1. The van der Waals surface area contributed by atoms with E-state index >= 15 is 0 Å². The van der Waals surface area contributed by atoms with Crippen LogP contribution in [-0.4, -0.2) is 48.7 Å². The molecule has 0 radical (unpaired) electrons. The molecule has 0 unspecified atom stereocenters. The molecular formula is C25H22ClN7O3S. The Labute approximate surface area is 221 Å². The van der Waals surface area contributed by atoms with Crippen LogP contribution in [-0.2, 0) is 13.1 Å². The lowest BCUT2D eigenvalue weighted by molar-refractivity contribution is 0.0743. The summed E-state index contributed by atoms with van der Waals surface area (Å²) in [6, 6.07) is 3.44. The van der Waals surface area contributed by atoms with Crippen LogP contribution in [0.15, 0.2) is 30.7 Å². The highest BCUT2D eigenvalue weighted by molar-refractivity contribution is 7.16. The number of methoxy groups -OCH3 is 1. The monoisotopic (exact) mass is 535 g/mol. The molecule has 1 N–H and O–H groups in total. The second-order valence-electron chi connectivity index (χ2n) is 8.53. The molecule has 5 rings (SSSR count). The highest BCUT2D eigenvalue weighted by Crippen LogP contribution is 2.35. The van der Waals surface area contributed by atoms with E-state index in [0.717, 1.165) is 16.3 Å². The molecule has 12 heteroatoms. The normalized spacial score (nSPS) is 12.4. The number of aryl methyl sites for hydroxylation is 3. The number of rotatable bonds is 5. The maximum Gasteiger partial charge on any atom is 0.275 e. The molecule has 0 saturated carbocycles. The largest absolute Gasteiger partial charge is 0.494 e. The zero-order valence-corrected chi connectivity index (χ0v) is 22.1. The quantitative estimate of drug-likeness (QED) is 0.373. The van der Waals surface area contributed by atoms with E-state index in [9.17, 15) is 9.59 Å². The van der Waals surface area contributed by atoms with Gasteiger partial charge in [-0.1, -0.05) is 22.9 Å². The van der Waals surface area contributed by atoms with Crippen LogP contribution in [0.3, 0.4) is 0 Å². The first-order valence-electron chi connectivity index (χ1n) is 11.3. The Morgan fingerprint density at radius 2 is 1.81 bits per heavy atom. The smallest absolute Gasteiger partial charge is 0.275 e. The van der Waals surface area contributed by atoms with Crippen molar-refractivity contribution in [3.8, 4) is 16.9 Å². The summed E-state index contributed by atoms with van der Waals surface area (Å²) in [6.45, 7) is 6.12. The molecule has 2 amide bonds. The first-order valence-corrected chi connectivity index (χ1v) is 12.5. The fourth-order valence-corrected chi connectivity index (χ4v) is 5.19. The number of hydrogen-bond acceptors (Lipinski definition) is 9. The van der Waals surface area contributed by atoms with E-state index in [-0.39, 0.29) is 17.0 Å². The molecule has 0 fully saturated rings. The molecule has 0 atom stereocenters. The van der Waals surface area contributed by atoms with Crippen LogP contribution >= 0.6 is 22.9 Å². The van der Waals surface area contributed by atoms with Gasteiger partial charge >= 0.3 is 0 Å². The van der Waals surface area contributed by atoms with E-state index < -0.39 is 0 Å². The number of pyridine rings is 2. The lowest BCUT2D eigenvalue weighted by Gasteiger charge is -2.16. The minimum Gasteiger partial charge on any atom is -0.494 e. The molecular weight excluding hydrogens is 514 g/mol. The second-order valence-corrected chi connectivity index (χ2v) is 10.00. The topological polar surface area (TPSA) is 123 Å². The van der Waals surface area contributed by atoms with Crippen molar-refractivity contribution >= 4 is 39.9 Å². The number of aromatic nitrogens is 5. The Morgan fingerprint density at radius 1 is 1.00 bits per heavy atom. The number of nitrogens with zero attached hydrogens (tertiary/aromatic N) is 6. The fourth-order valence-electron chi connectivity index (χ4n) is 4.05. The maximum absolute atomic E-state index is 13.3. The number of hydrogen-bond donors (Lipinski definition) is 1. The van der Waals surface area contributed by atoms with Crippen molar-refractivity contribution in [1.29, 1.82) is 0 Å². The van der Waals surface area contributed by atoms with Crippen LogP contribution in [0, 0.1) is 20.8 Å². The first kappa shape index (κ1) is 24.7. The van der Waals surface area contributed by atoms with Gasteiger partial charge in [-0.3, -0.25) is 24.9 Å². The minimum absolute atomic E-state index is 0.190. The molecule has 10 nitrogen and oxygen atoms in total. The molecule has 5 heterocycles. The Morgan fingerprint density at radius 3 is 2.57 bits per heavy atom.